The molecule has 1 aliphatic rings. The highest BCUT2D eigenvalue weighted by Crippen LogP contribution is 2.34. The molecule has 2 nitrogen and oxygen atoms in total. The summed E-state index contributed by atoms with van der Waals surface area (Å²) in [5.41, 5.74) is 12.2. The van der Waals surface area contributed by atoms with Crippen molar-refractivity contribution in [1.82, 2.24) is 4.72 Å². The predicted molar refractivity (Wildman–Crippen MR) is 120 cm³/mol. The summed E-state index contributed by atoms with van der Waals surface area (Å²) in [4.78, 5) is 0. The minimum Gasteiger partial charge on any atom is -0.327 e. The van der Waals surface area contributed by atoms with Crippen molar-refractivity contribution in [2.45, 2.75) is 57.4 Å². The fraction of sp³-hybridized carbons (Fsp3) is 0.478. The molecule has 2 aromatic carbocycles. The Balaban J connectivity index is 1.67. The van der Waals surface area contributed by atoms with E-state index in [1.807, 2.05) is 24.1 Å². The Labute approximate surface area is 173 Å². The van der Waals surface area contributed by atoms with Crippen LogP contribution in [0.3, 0.4) is 0 Å². The molecule has 0 aliphatic heterocycles. The first-order valence-electron chi connectivity index (χ1n) is 10.1. The standard InChI is InChI=1S/C23H31ClN2S/c1-2-13-27-26-12-4-6-17-8-9-19-10-11-23(25)22(21(19)15-17)16-18-5-3-7-20(24)14-18/h3,5,7-9,14-15,22-23,26H,2,4,6,10-13,16,25H2,1H3. The topological polar surface area (TPSA) is 38.0 Å². The van der Waals surface area contributed by atoms with Crippen LogP contribution in [0.25, 0.3) is 0 Å². The Bertz CT molecular complexity index is 734. The third kappa shape index (κ3) is 5.99. The Hall–Kier alpha value is -1.00. The Morgan fingerprint density at radius 2 is 2.07 bits per heavy atom. The lowest BCUT2D eigenvalue weighted by Crippen LogP contribution is -2.34. The first-order chi connectivity index (χ1) is 13.2. The number of hydrogen-bond acceptors (Lipinski definition) is 3. The van der Waals surface area contributed by atoms with E-state index in [-0.39, 0.29) is 6.04 Å². The van der Waals surface area contributed by atoms with Crippen molar-refractivity contribution in [2.24, 2.45) is 5.73 Å². The second-order valence-corrected chi connectivity index (χ2v) is 8.94. The van der Waals surface area contributed by atoms with Crippen LogP contribution in [0.4, 0.5) is 0 Å². The first kappa shape index (κ1) is 20.7. The normalized spacial score (nSPS) is 19.1. The lowest BCUT2D eigenvalue weighted by Gasteiger charge is -2.32. The fourth-order valence-corrected chi connectivity index (χ4v) is 4.77. The summed E-state index contributed by atoms with van der Waals surface area (Å²) < 4.78 is 3.46. The number of aryl methyl sites for hydroxylation is 2. The maximum Gasteiger partial charge on any atom is 0.0408 e. The smallest absolute Gasteiger partial charge is 0.0408 e. The van der Waals surface area contributed by atoms with E-state index in [0.717, 1.165) is 37.3 Å². The molecule has 0 radical (unpaired) electrons. The van der Waals surface area contributed by atoms with Gasteiger partial charge in [0.15, 0.2) is 0 Å². The second kappa shape index (κ2) is 10.5. The Kier molecular flexibility index (Phi) is 8.07. The highest BCUT2D eigenvalue weighted by Gasteiger charge is 2.27. The largest absolute Gasteiger partial charge is 0.327 e. The molecule has 0 aromatic heterocycles. The highest BCUT2D eigenvalue weighted by atomic mass is 35.5. The van der Waals surface area contributed by atoms with E-state index in [1.54, 1.807) is 0 Å². The lowest BCUT2D eigenvalue weighted by molar-refractivity contribution is 0.467. The van der Waals surface area contributed by atoms with E-state index in [9.17, 15) is 0 Å². The number of rotatable bonds is 9. The molecular formula is C23H31ClN2S. The van der Waals surface area contributed by atoms with Gasteiger partial charge in [-0.15, -0.1) is 0 Å². The van der Waals surface area contributed by atoms with E-state index in [1.165, 1.54) is 40.8 Å². The third-order valence-corrected chi connectivity index (χ3v) is 6.63. The molecule has 2 unspecified atom stereocenters. The molecule has 0 saturated carbocycles. The van der Waals surface area contributed by atoms with Crippen molar-refractivity contribution in [3.8, 4) is 0 Å². The first-order valence-corrected chi connectivity index (χ1v) is 11.5. The number of fused-ring (bicyclic) bond motifs is 1. The second-order valence-electron chi connectivity index (χ2n) is 7.52. The van der Waals surface area contributed by atoms with Crippen LogP contribution in [0.15, 0.2) is 42.5 Å². The molecule has 27 heavy (non-hydrogen) atoms. The monoisotopic (exact) mass is 402 g/mol. The zero-order valence-electron chi connectivity index (χ0n) is 16.2. The number of nitrogens with one attached hydrogen (secondary N) is 1. The molecule has 4 heteroatoms. The van der Waals surface area contributed by atoms with Crippen LogP contribution in [0.2, 0.25) is 5.02 Å². The Morgan fingerprint density at radius 1 is 1.19 bits per heavy atom. The predicted octanol–water partition coefficient (Wildman–Crippen LogP) is 5.52. The summed E-state index contributed by atoms with van der Waals surface area (Å²) >= 11 is 8.03. The molecule has 2 aromatic rings. The maximum absolute atomic E-state index is 6.55. The average Bonchev–Trinajstić information content (AvgIpc) is 2.67. The minimum atomic E-state index is 0.221. The fourth-order valence-electron chi connectivity index (χ4n) is 3.92. The van der Waals surface area contributed by atoms with Crippen molar-refractivity contribution in [3.05, 3.63) is 69.7 Å². The van der Waals surface area contributed by atoms with Crippen molar-refractivity contribution in [2.75, 3.05) is 12.3 Å². The zero-order chi connectivity index (χ0) is 19.1. The van der Waals surface area contributed by atoms with Gasteiger partial charge in [-0.2, -0.15) is 0 Å². The SMILES string of the molecule is CCCSNCCCc1ccc2c(c1)C(Cc1cccc(Cl)c1)C(N)CC2. The van der Waals surface area contributed by atoms with Gasteiger partial charge in [0.05, 0.1) is 0 Å². The summed E-state index contributed by atoms with van der Waals surface area (Å²) in [5.74, 6) is 1.56. The van der Waals surface area contributed by atoms with Crippen LogP contribution in [0, 0.1) is 0 Å². The van der Waals surface area contributed by atoms with E-state index in [2.05, 4.69) is 42.0 Å². The van der Waals surface area contributed by atoms with E-state index >= 15 is 0 Å². The molecule has 0 bridgehead atoms. The molecule has 0 spiro atoms. The molecule has 146 valence electrons. The van der Waals surface area contributed by atoms with Gasteiger partial charge >= 0.3 is 0 Å². The molecule has 0 amide bonds. The molecule has 0 heterocycles. The van der Waals surface area contributed by atoms with Gasteiger partial charge in [-0.05, 0) is 72.9 Å². The van der Waals surface area contributed by atoms with Crippen LogP contribution >= 0.6 is 23.5 Å². The summed E-state index contributed by atoms with van der Waals surface area (Å²) in [7, 11) is 0. The van der Waals surface area contributed by atoms with Crippen LogP contribution in [-0.2, 0) is 19.3 Å². The molecule has 0 saturated heterocycles. The van der Waals surface area contributed by atoms with Gasteiger partial charge in [0.25, 0.3) is 0 Å². The molecule has 2 atom stereocenters. The van der Waals surface area contributed by atoms with Crippen molar-refractivity contribution in [1.29, 1.82) is 0 Å². The molecule has 3 rings (SSSR count). The molecule has 1 aliphatic carbocycles. The highest BCUT2D eigenvalue weighted by molar-refractivity contribution is 7.97. The number of halogens is 1. The summed E-state index contributed by atoms with van der Waals surface area (Å²) in [6.45, 7) is 3.28. The van der Waals surface area contributed by atoms with Gasteiger partial charge < -0.3 is 5.73 Å². The van der Waals surface area contributed by atoms with Crippen molar-refractivity contribution in [3.63, 3.8) is 0 Å². The Morgan fingerprint density at radius 3 is 2.89 bits per heavy atom. The van der Waals surface area contributed by atoms with Crippen molar-refractivity contribution < 1.29 is 0 Å². The van der Waals surface area contributed by atoms with Crippen LogP contribution in [0.1, 0.15) is 54.4 Å². The van der Waals surface area contributed by atoms with Gasteiger partial charge in [-0.1, -0.05) is 60.8 Å². The number of nitrogens with two attached hydrogens (primary N) is 1. The molecule has 0 fully saturated rings. The minimum absolute atomic E-state index is 0.221. The van der Waals surface area contributed by atoms with E-state index in [0.29, 0.717) is 5.92 Å². The van der Waals surface area contributed by atoms with Gasteiger partial charge in [-0.3, -0.25) is 4.72 Å². The van der Waals surface area contributed by atoms with Crippen LogP contribution in [-0.4, -0.2) is 18.3 Å². The molecular weight excluding hydrogens is 372 g/mol. The maximum atomic E-state index is 6.55. The van der Waals surface area contributed by atoms with E-state index < -0.39 is 0 Å². The van der Waals surface area contributed by atoms with E-state index in [4.69, 9.17) is 17.3 Å². The molecule has 3 N–H and O–H groups in total. The quantitative estimate of drug-likeness (QED) is 0.428. The number of hydrogen-bond donors (Lipinski definition) is 2. The van der Waals surface area contributed by atoms with Gasteiger partial charge in [0.1, 0.15) is 0 Å². The van der Waals surface area contributed by atoms with Crippen LogP contribution < -0.4 is 10.5 Å². The third-order valence-electron chi connectivity index (χ3n) is 5.37. The van der Waals surface area contributed by atoms with Gasteiger partial charge in [0, 0.05) is 29.3 Å². The summed E-state index contributed by atoms with van der Waals surface area (Å²) in [5, 5.41) is 0.805. The summed E-state index contributed by atoms with van der Waals surface area (Å²) in [6.07, 6.45) is 6.63. The van der Waals surface area contributed by atoms with Gasteiger partial charge in [-0.25, -0.2) is 0 Å². The van der Waals surface area contributed by atoms with Crippen LogP contribution in [0.5, 0.6) is 0 Å². The zero-order valence-corrected chi connectivity index (χ0v) is 17.8. The van der Waals surface area contributed by atoms with Gasteiger partial charge in [0.2, 0.25) is 0 Å². The average molecular weight is 403 g/mol. The van der Waals surface area contributed by atoms with Crippen molar-refractivity contribution >= 4 is 23.5 Å². The number of benzene rings is 2. The lowest BCUT2D eigenvalue weighted by atomic mass is 9.76. The summed E-state index contributed by atoms with van der Waals surface area (Å²) in [6, 6.07) is 15.5.